The Balaban J connectivity index is 1.77. The van der Waals surface area contributed by atoms with Gasteiger partial charge in [-0.3, -0.25) is 4.90 Å². The molecule has 1 aromatic rings. The Morgan fingerprint density at radius 1 is 1.50 bits per heavy atom. The van der Waals surface area contributed by atoms with Gasteiger partial charge in [-0.2, -0.15) is 0 Å². The van der Waals surface area contributed by atoms with Crippen LogP contribution in [-0.2, 0) is 6.54 Å². The van der Waals surface area contributed by atoms with Crippen molar-refractivity contribution in [3.63, 3.8) is 0 Å². The van der Waals surface area contributed by atoms with Crippen molar-refractivity contribution in [3.8, 4) is 0 Å². The zero-order valence-corrected chi connectivity index (χ0v) is 10.8. The summed E-state index contributed by atoms with van der Waals surface area (Å²) in [5, 5.41) is 0.691. The van der Waals surface area contributed by atoms with Crippen LogP contribution in [0.3, 0.4) is 0 Å². The molecule has 0 saturated carbocycles. The summed E-state index contributed by atoms with van der Waals surface area (Å²) >= 11 is 1.62. The number of nitrogens with zero attached hydrogens (tertiary/aromatic N) is 2. The summed E-state index contributed by atoms with van der Waals surface area (Å²) in [6.45, 7) is 5.80. The first-order valence-electron chi connectivity index (χ1n) is 6.20. The fourth-order valence-electron chi connectivity index (χ4n) is 2.46. The summed E-state index contributed by atoms with van der Waals surface area (Å²) in [7, 11) is 0. The van der Waals surface area contributed by atoms with E-state index < -0.39 is 0 Å². The maximum Gasteiger partial charge on any atom is 0.180 e. The number of nitrogen functional groups attached to an aromatic ring is 1. The fourth-order valence-corrected chi connectivity index (χ4v) is 3.18. The minimum atomic E-state index is 0.691. The van der Waals surface area contributed by atoms with Gasteiger partial charge in [0.25, 0.3) is 0 Å². The molecule has 2 rings (SSSR count). The van der Waals surface area contributed by atoms with E-state index in [2.05, 4.69) is 16.8 Å². The van der Waals surface area contributed by atoms with Gasteiger partial charge in [0.05, 0.1) is 0 Å². The Kier molecular flexibility index (Phi) is 4.18. The molecule has 0 aliphatic carbocycles. The van der Waals surface area contributed by atoms with Gasteiger partial charge < -0.3 is 5.73 Å². The van der Waals surface area contributed by atoms with Crippen LogP contribution in [0.1, 0.15) is 37.5 Å². The lowest BCUT2D eigenvalue weighted by Crippen LogP contribution is -2.32. The molecule has 0 bridgehead atoms. The molecular formula is C12H21N3S. The standard InChI is InChI=1S/C12H21N3S/c1-2-3-10-4-6-15(7-5-10)9-11-8-14-12(13)16-11/h8,10H,2-7,9H2,1H3,(H2,13,14). The summed E-state index contributed by atoms with van der Waals surface area (Å²) in [4.78, 5) is 7.92. The number of nitrogens with two attached hydrogens (primary N) is 1. The van der Waals surface area contributed by atoms with E-state index in [0.717, 1.165) is 12.5 Å². The van der Waals surface area contributed by atoms with Gasteiger partial charge >= 0.3 is 0 Å². The van der Waals surface area contributed by atoms with Crippen LogP contribution in [0, 0.1) is 5.92 Å². The first-order valence-corrected chi connectivity index (χ1v) is 7.02. The lowest BCUT2D eigenvalue weighted by Gasteiger charge is -2.31. The highest BCUT2D eigenvalue weighted by atomic mass is 32.1. The van der Waals surface area contributed by atoms with Crippen LogP contribution in [0.15, 0.2) is 6.20 Å². The van der Waals surface area contributed by atoms with Crippen molar-refractivity contribution in [2.45, 2.75) is 39.2 Å². The maximum absolute atomic E-state index is 5.63. The van der Waals surface area contributed by atoms with E-state index >= 15 is 0 Å². The number of thiazole rings is 1. The third-order valence-electron chi connectivity index (χ3n) is 3.35. The Morgan fingerprint density at radius 2 is 2.25 bits per heavy atom. The van der Waals surface area contributed by atoms with E-state index in [-0.39, 0.29) is 0 Å². The molecule has 3 nitrogen and oxygen atoms in total. The van der Waals surface area contributed by atoms with Crippen LogP contribution >= 0.6 is 11.3 Å². The largest absolute Gasteiger partial charge is 0.375 e. The van der Waals surface area contributed by atoms with Crippen molar-refractivity contribution in [3.05, 3.63) is 11.1 Å². The average molecular weight is 239 g/mol. The molecular weight excluding hydrogens is 218 g/mol. The van der Waals surface area contributed by atoms with Crippen LogP contribution in [0.4, 0.5) is 5.13 Å². The van der Waals surface area contributed by atoms with Gasteiger partial charge in [0.15, 0.2) is 5.13 Å². The van der Waals surface area contributed by atoms with Crippen molar-refractivity contribution in [1.82, 2.24) is 9.88 Å². The Bertz CT molecular complexity index is 316. The highest BCUT2D eigenvalue weighted by Crippen LogP contribution is 2.24. The number of anilines is 1. The van der Waals surface area contributed by atoms with Crippen LogP contribution in [0.5, 0.6) is 0 Å². The van der Waals surface area contributed by atoms with E-state index in [9.17, 15) is 0 Å². The maximum atomic E-state index is 5.63. The first kappa shape index (κ1) is 11.9. The van der Waals surface area contributed by atoms with E-state index in [1.165, 1.54) is 43.6 Å². The Hall–Kier alpha value is -0.610. The van der Waals surface area contributed by atoms with Crippen molar-refractivity contribution in [2.75, 3.05) is 18.8 Å². The van der Waals surface area contributed by atoms with E-state index in [0.29, 0.717) is 5.13 Å². The van der Waals surface area contributed by atoms with Crippen molar-refractivity contribution >= 4 is 16.5 Å². The predicted molar refractivity (Wildman–Crippen MR) is 69.4 cm³/mol. The number of hydrogen-bond acceptors (Lipinski definition) is 4. The molecule has 0 radical (unpaired) electrons. The van der Waals surface area contributed by atoms with Crippen LogP contribution in [0.25, 0.3) is 0 Å². The first-order chi connectivity index (χ1) is 7.78. The molecule has 90 valence electrons. The summed E-state index contributed by atoms with van der Waals surface area (Å²) in [6, 6.07) is 0. The van der Waals surface area contributed by atoms with Gasteiger partial charge in [0.1, 0.15) is 0 Å². The highest BCUT2D eigenvalue weighted by Gasteiger charge is 2.18. The number of hydrogen-bond donors (Lipinski definition) is 1. The molecule has 1 aromatic heterocycles. The number of aromatic nitrogens is 1. The molecule has 1 aliphatic heterocycles. The quantitative estimate of drug-likeness (QED) is 0.878. The third-order valence-corrected chi connectivity index (χ3v) is 4.17. The molecule has 1 fully saturated rings. The normalized spacial score (nSPS) is 19.1. The molecule has 0 amide bonds. The summed E-state index contributed by atoms with van der Waals surface area (Å²) < 4.78 is 0. The van der Waals surface area contributed by atoms with E-state index in [4.69, 9.17) is 5.73 Å². The summed E-state index contributed by atoms with van der Waals surface area (Å²) in [5.74, 6) is 0.966. The van der Waals surface area contributed by atoms with E-state index in [1.54, 1.807) is 11.3 Å². The van der Waals surface area contributed by atoms with Gasteiger partial charge in [-0.05, 0) is 31.8 Å². The van der Waals surface area contributed by atoms with Gasteiger partial charge in [-0.1, -0.05) is 19.8 Å². The highest BCUT2D eigenvalue weighted by molar-refractivity contribution is 7.15. The third kappa shape index (κ3) is 3.19. The van der Waals surface area contributed by atoms with Crippen LogP contribution < -0.4 is 5.73 Å². The molecule has 1 saturated heterocycles. The Morgan fingerprint density at radius 3 is 2.81 bits per heavy atom. The van der Waals surface area contributed by atoms with Gasteiger partial charge in [0.2, 0.25) is 0 Å². The van der Waals surface area contributed by atoms with E-state index in [1.807, 2.05) is 6.20 Å². The zero-order chi connectivity index (χ0) is 11.4. The molecule has 4 heteroatoms. The molecule has 0 unspecified atom stereocenters. The summed E-state index contributed by atoms with van der Waals surface area (Å²) in [6.07, 6.45) is 7.37. The number of rotatable bonds is 4. The zero-order valence-electron chi connectivity index (χ0n) is 9.98. The van der Waals surface area contributed by atoms with Crippen molar-refractivity contribution in [1.29, 1.82) is 0 Å². The fraction of sp³-hybridized carbons (Fsp3) is 0.750. The second kappa shape index (κ2) is 5.64. The minimum absolute atomic E-state index is 0.691. The van der Waals surface area contributed by atoms with Crippen LogP contribution in [-0.4, -0.2) is 23.0 Å². The molecule has 0 atom stereocenters. The average Bonchev–Trinajstić information content (AvgIpc) is 2.67. The Labute approximate surface area is 102 Å². The monoisotopic (exact) mass is 239 g/mol. The summed E-state index contributed by atoms with van der Waals surface area (Å²) in [5.41, 5.74) is 5.63. The number of piperidine rings is 1. The molecule has 2 N–H and O–H groups in total. The number of likely N-dealkylation sites (tertiary alicyclic amines) is 1. The SMILES string of the molecule is CCCC1CCN(Cc2cnc(N)s2)CC1. The molecule has 2 heterocycles. The van der Waals surface area contributed by atoms with Gasteiger partial charge in [-0.15, -0.1) is 11.3 Å². The van der Waals surface area contributed by atoms with Crippen LogP contribution in [0.2, 0.25) is 0 Å². The second-order valence-electron chi connectivity index (χ2n) is 4.67. The topological polar surface area (TPSA) is 42.2 Å². The second-order valence-corrected chi connectivity index (χ2v) is 5.82. The minimum Gasteiger partial charge on any atom is -0.375 e. The van der Waals surface area contributed by atoms with Gasteiger partial charge in [-0.25, -0.2) is 4.98 Å². The predicted octanol–water partition coefficient (Wildman–Crippen LogP) is 2.74. The van der Waals surface area contributed by atoms with Gasteiger partial charge in [0, 0.05) is 17.6 Å². The molecule has 0 aromatic carbocycles. The smallest absolute Gasteiger partial charge is 0.180 e. The molecule has 0 spiro atoms. The van der Waals surface area contributed by atoms with Crippen molar-refractivity contribution in [2.24, 2.45) is 5.92 Å². The lowest BCUT2D eigenvalue weighted by atomic mass is 9.92. The molecule has 1 aliphatic rings. The molecule has 16 heavy (non-hydrogen) atoms. The lowest BCUT2D eigenvalue weighted by molar-refractivity contribution is 0.173. The van der Waals surface area contributed by atoms with Crippen molar-refractivity contribution < 1.29 is 0 Å².